The Bertz CT molecular complexity index is 1040. The van der Waals surface area contributed by atoms with Gasteiger partial charge in [0.25, 0.3) is 5.91 Å². The van der Waals surface area contributed by atoms with Crippen LogP contribution in [0, 0.1) is 0 Å². The predicted molar refractivity (Wildman–Crippen MR) is 108 cm³/mol. The molecule has 0 N–H and O–H groups in total. The second-order valence-electron chi connectivity index (χ2n) is 6.09. The maximum absolute atomic E-state index is 12.8. The van der Waals surface area contributed by atoms with Crippen LogP contribution < -0.4 is 4.31 Å². The number of carbonyl (C=O) groups is 1. The zero-order valence-corrected chi connectivity index (χ0v) is 17.3. The Labute approximate surface area is 167 Å². The predicted octanol–water partition coefficient (Wildman–Crippen LogP) is 2.86. The van der Waals surface area contributed by atoms with Crippen molar-refractivity contribution in [3.63, 3.8) is 0 Å². The van der Waals surface area contributed by atoms with Gasteiger partial charge >= 0.3 is 0 Å². The molecule has 8 nitrogen and oxygen atoms in total. The monoisotopic (exact) mass is 420 g/mol. The molecule has 0 atom stereocenters. The second-order valence-corrected chi connectivity index (χ2v) is 9.05. The van der Waals surface area contributed by atoms with E-state index in [1.54, 1.807) is 29.2 Å². The van der Waals surface area contributed by atoms with E-state index in [2.05, 4.69) is 10.1 Å². The molecule has 3 rings (SSSR count). The number of sulfonamides is 1. The molecule has 3 aromatic rings. The molecule has 28 heavy (non-hydrogen) atoms. The van der Waals surface area contributed by atoms with Gasteiger partial charge in [-0.05, 0) is 42.6 Å². The number of hydrogen-bond acceptors (Lipinski definition) is 7. The zero-order chi connectivity index (χ0) is 20.3. The van der Waals surface area contributed by atoms with Crippen molar-refractivity contribution in [3.8, 4) is 10.7 Å². The average Bonchev–Trinajstić information content (AvgIpc) is 3.36. The molecule has 0 spiro atoms. The lowest BCUT2D eigenvalue weighted by atomic mass is 10.2. The highest BCUT2D eigenvalue weighted by molar-refractivity contribution is 7.92. The Hall–Kier alpha value is -2.72. The molecule has 2 aromatic heterocycles. The molecule has 0 fully saturated rings. The van der Waals surface area contributed by atoms with Crippen LogP contribution in [-0.4, -0.2) is 49.2 Å². The Morgan fingerprint density at radius 3 is 2.50 bits per heavy atom. The first-order chi connectivity index (χ1) is 13.3. The summed E-state index contributed by atoms with van der Waals surface area (Å²) in [5.41, 5.74) is 0.935. The summed E-state index contributed by atoms with van der Waals surface area (Å²) in [6.07, 6.45) is 1.12. The summed E-state index contributed by atoms with van der Waals surface area (Å²) in [6, 6.07) is 10.2. The number of thiophene rings is 1. The molecule has 0 aliphatic carbocycles. The molecule has 0 saturated carbocycles. The third-order valence-corrected chi connectivity index (χ3v) is 6.25. The standard InChI is InChI=1S/C18H20N4O4S2/c1-4-22(12-16-19-17(20-26-16)15-6-5-11-27-15)18(23)13-7-9-14(10-8-13)21(2)28(3,24)25/h5-11H,4,12H2,1-3H3. The minimum absolute atomic E-state index is 0.193. The van der Waals surface area contributed by atoms with Crippen LogP contribution in [0.3, 0.4) is 0 Å². The average molecular weight is 421 g/mol. The molecule has 1 amide bonds. The number of amides is 1. The number of rotatable bonds is 7. The fraction of sp³-hybridized carbons (Fsp3) is 0.278. The Morgan fingerprint density at radius 1 is 1.21 bits per heavy atom. The van der Waals surface area contributed by atoms with Gasteiger partial charge in [0.1, 0.15) is 6.54 Å². The highest BCUT2D eigenvalue weighted by Gasteiger charge is 2.19. The molecule has 0 unspecified atom stereocenters. The van der Waals surface area contributed by atoms with Crippen LogP contribution in [0.25, 0.3) is 10.7 Å². The molecule has 0 aliphatic rings. The van der Waals surface area contributed by atoms with Gasteiger partial charge in [0.2, 0.25) is 21.7 Å². The van der Waals surface area contributed by atoms with E-state index in [1.165, 1.54) is 18.4 Å². The van der Waals surface area contributed by atoms with Crippen LogP contribution >= 0.6 is 11.3 Å². The van der Waals surface area contributed by atoms with Gasteiger partial charge in [0, 0.05) is 19.2 Å². The van der Waals surface area contributed by atoms with Crippen LogP contribution in [0.4, 0.5) is 5.69 Å². The van der Waals surface area contributed by atoms with Crippen LogP contribution in [0.1, 0.15) is 23.2 Å². The lowest BCUT2D eigenvalue weighted by Gasteiger charge is -2.20. The highest BCUT2D eigenvalue weighted by Crippen LogP contribution is 2.22. The van der Waals surface area contributed by atoms with E-state index in [4.69, 9.17) is 4.52 Å². The lowest BCUT2D eigenvalue weighted by Crippen LogP contribution is -2.30. The maximum atomic E-state index is 12.8. The van der Waals surface area contributed by atoms with E-state index in [0.29, 0.717) is 29.5 Å². The molecule has 0 bridgehead atoms. The van der Waals surface area contributed by atoms with E-state index in [0.717, 1.165) is 15.4 Å². The SMILES string of the molecule is CCN(Cc1nc(-c2cccs2)no1)C(=O)c1ccc(N(C)S(C)(=O)=O)cc1. The quantitative estimate of drug-likeness (QED) is 0.583. The van der Waals surface area contributed by atoms with Crippen molar-refractivity contribution < 1.29 is 17.7 Å². The minimum atomic E-state index is -3.36. The number of nitrogens with zero attached hydrogens (tertiary/aromatic N) is 4. The number of carbonyl (C=O) groups excluding carboxylic acids is 1. The van der Waals surface area contributed by atoms with Crippen LogP contribution in [-0.2, 0) is 16.6 Å². The number of benzene rings is 1. The van der Waals surface area contributed by atoms with Crippen molar-refractivity contribution in [2.45, 2.75) is 13.5 Å². The van der Waals surface area contributed by atoms with Crippen molar-refractivity contribution in [3.05, 3.63) is 53.2 Å². The fourth-order valence-corrected chi connectivity index (χ4v) is 3.66. The summed E-state index contributed by atoms with van der Waals surface area (Å²) in [5, 5.41) is 5.88. The number of anilines is 1. The molecule has 0 saturated heterocycles. The summed E-state index contributed by atoms with van der Waals surface area (Å²) in [5.74, 6) is 0.653. The van der Waals surface area contributed by atoms with Gasteiger partial charge < -0.3 is 9.42 Å². The van der Waals surface area contributed by atoms with Gasteiger partial charge in [-0.3, -0.25) is 9.10 Å². The molecular weight excluding hydrogens is 400 g/mol. The van der Waals surface area contributed by atoms with Gasteiger partial charge in [-0.2, -0.15) is 4.98 Å². The normalized spacial score (nSPS) is 11.4. The molecule has 0 radical (unpaired) electrons. The second kappa shape index (κ2) is 8.11. The van der Waals surface area contributed by atoms with Gasteiger partial charge in [-0.25, -0.2) is 8.42 Å². The molecule has 10 heteroatoms. The fourth-order valence-electron chi connectivity index (χ4n) is 2.50. The summed E-state index contributed by atoms with van der Waals surface area (Å²) in [6.45, 7) is 2.51. The van der Waals surface area contributed by atoms with Gasteiger partial charge in [0.05, 0.1) is 16.8 Å². The summed E-state index contributed by atoms with van der Waals surface area (Å²) >= 11 is 1.51. The first kappa shape index (κ1) is 20.0. The summed E-state index contributed by atoms with van der Waals surface area (Å²) in [7, 11) is -1.89. The highest BCUT2D eigenvalue weighted by atomic mass is 32.2. The van der Waals surface area contributed by atoms with E-state index >= 15 is 0 Å². The summed E-state index contributed by atoms with van der Waals surface area (Å²) in [4.78, 5) is 19.6. The maximum Gasteiger partial charge on any atom is 0.254 e. The topological polar surface area (TPSA) is 96.6 Å². The minimum Gasteiger partial charge on any atom is -0.337 e. The van der Waals surface area contributed by atoms with Crippen molar-refractivity contribution in [1.82, 2.24) is 15.0 Å². The molecule has 148 valence electrons. The number of hydrogen-bond donors (Lipinski definition) is 0. The van der Waals surface area contributed by atoms with Crippen molar-refractivity contribution >= 4 is 33.0 Å². The first-order valence-corrected chi connectivity index (χ1v) is 11.2. The van der Waals surface area contributed by atoms with E-state index < -0.39 is 10.0 Å². The first-order valence-electron chi connectivity index (χ1n) is 8.49. The van der Waals surface area contributed by atoms with Crippen LogP contribution in [0.15, 0.2) is 46.3 Å². The lowest BCUT2D eigenvalue weighted by molar-refractivity contribution is 0.0734. The Balaban J connectivity index is 1.73. The Morgan fingerprint density at radius 2 is 1.93 bits per heavy atom. The van der Waals surface area contributed by atoms with E-state index in [-0.39, 0.29) is 12.5 Å². The summed E-state index contributed by atoms with van der Waals surface area (Å²) < 4.78 is 29.7. The molecule has 2 heterocycles. The van der Waals surface area contributed by atoms with Gasteiger partial charge in [-0.15, -0.1) is 11.3 Å². The smallest absolute Gasteiger partial charge is 0.254 e. The van der Waals surface area contributed by atoms with Crippen molar-refractivity contribution in [2.75, 3.05) is 24.2 Å². The van der Waals surface area contributed by atoms with Crippen molar-refractivity contribution in [2.24, 2.45) is 0 Å². The molecular formula is C18H20N4O4S2. The molecule has 1 aromatic carbocycles. The van der Waals surface area contributed by atoms with Crippen molar-refractivity contribution in [1.29, 1.82) is 0 Å². The van der Waals surface area contributed by atoms with Gasteiger partial charge in [-0.1, -0.05) is 11.2 Å². The number of aromatic nitrogens is 2. The van der Waals surface area contributed by atoms with E-state index in [9.17, 15) is 13.2 Å². The zero-order valence-electron chi connectivity index (χ0n) is 15.7. The molecule has 0 aliphatic heterocycles. The third-order valence-electron chi connectivity index (χ3n) is 4.18. The van der Waals surface area contributed by atoms with Crippen LogP contribution in [0.5, 0.6) is 0 Å². The van der Waals surface area contributed by atoms with Gasteiger partial charge in [0.15, 0.2) is 0 Å². The van der Waals surface area contributed by atoms with E-state index in [1.807, 2.05) is 24.4 Å². The third kappa shape index (κ3) is 4.39. The Kier molecular flexibility index (Phi) is 5.80. The van der Waals surface area contributed by atoms with Crippen LogP contribution in [0.2, 0.25) is 0 Å². The largest absolute Gasteiger partial charge is 0.337 e.